The Labute approximate surface area is 166 Å². The van der Waals surface area contributed by atoms with Crippen molar-refractivity contribution in [2.45, 2.75) is 6.17 Å². The van der Waals surface area contributed by atoms with Gasteiger partial charge in [-0.25, -0.2) is 5.32 Å². The third kappa shape index (κ3) is 2.20. The first kappa shape index (κ1) is 15.7. The highest BCUT2D eigenvalue weighted by Gasteiger charge is 2.40. The Morgan fingerprint density at radius 3 is 2.46 bits per heavy atom. The van der Waals surface area contributed by atoms with Gasteiger partial charge in [0, 0.05) is 22.4 Å². The topological polar surface area (TPSA) is 28.2 Å². The monoisotopic (exact) mass is 383 g/mol. The summed E-state index contributed by atoms with van der Waals surface area (Å²) < 4.78 is 8.18. The van der Waals surface area contributed by atoms with E-state index in [1.165, 1.54) is 10.8 Å². The van der Waals surface area contributed by atoms with Crippen LogP contribution < -0.4 is 5.32 Å². The molecule has 0 saturated heterocycles. The quantitative estimate of drug-likeness (QED) is 0.287. The van der Waals surface area contributed by atoms with E-state index in [2.05, 4.69) is 64.5 Å². The van der Waals surface area contributed by atoms with Crippen molar-refractivity contribution in [3.05, 3.63) is 90.5 Å². The average molecular weight is 384 g/mol. The first-order valence-corrected chi connectivity index (χ1v) is 9.64. The van der Waals surface area contributed by atoms with E-state index in [0.29, 0.717) is 5.29 Å². The second kappa shape index (κ2) is 5.85. The minimum atomic E-state index is -0.0432. The van der Waals surface area contributed by atoms with Crippen LogP contribution in [-0.2, 0) is 0 Å². The molecular weight excluding hydrogens is 368 g/mol. The van der Waals surface area contributed by atoms with E-state index in [9.17, 15) is 0 Å². The number of amidine groups is 1. The smallest absolute Gasteiger partial charge is 0.355 e. The number of hydrogen-bond acceptors (Lipinski definition) is 2. The van der Waals surface area contributed by atoms with E-state index in [1.807, 2.05) is 30.3 Å². The molecule has 0 fully saturated rings. The summed E-state index contributed by atoms with van der Waals surface area (Å²) in [7, 11) is 0. The summed E-state index contributed by atoms with van der Waals surface area (Å²) in [5.41, 5.74) is 4.01. The highest BCUT2D eigenvalue weighted by Crippen LogP contribution is 2.38. The molecule has 1 aliphatic heterocycles. The molecule has 4 heteroatoms. The lowest BCUT2D eigenvalue weighted by atomic mass is 10.0. The summed E-state index contributed by atoms with van der Waals surface area (Å²) in [5.74, 6) is 0. The van der Waals surface area contributed by atoms with Crippen molar-refractivity contribution < 1.29 is 8.99 Å². The molecule has 4 aromatic carbocycles. The summed E-state index contributed by atoms with van der Waals surface area (Å²) in [6.07, 6.45) is -0.0432. The maximum absolute atomic E-state index is 6.50. The largest absolute Gasteiger partial charge is 0.456 e. The molecule has 0 aliphatic carbocycles. The van der Waals surface area contributed by atoms with Crippen LogP contribution >= 0.6 is 11.6 Å². The van der Waals surface area contributed by atoms with Gasteiger partial charge in [0.25, 0.3) is 6.17 Å². The number of nitrogens with zero attached hydrogens (tertiary/aromatic N) is 1. The Balaban J connectivity index is 1.54. The second-order valence-corrected chi connectivity index (χ2v) is 7.42. The molecule has 3 nitrogen and oxygen atoms in total. The van der Waals surface area contributed by atoms with E-state index < -0.39 is 0 Å². The molecule has 0 saturated carbocycles. The maximum atomic E-state index is 6.50. The van der Waals surface area contributed by atoms with E-state index in [-0.39, 0.29) is 6.17 Å². The normalized spacial score (nSPS) is 16.5. The SMILES string of the molecule is ClC1=[N+](c2ccc3ccccc3c2)C(c2cccc3oc4ccccc4c23)N1. The molecule has 0 bridgehead atoms. The summed E-state index contributed by atoms with van der Waals surface area (Å²) in [4.78, 5) is 0. The lowest BCUT2D eigenvalue weighted by molar-refractivity contribution is -0.528. The molecule has 134 valence electrons. The first-order valence-electron chi connectivity index (χ1n) is 9.27. The van der Waals surface area contributed by atoms with Gasteiger partial charge in [-0.1, -0.05) is 54.6 Å². The number of hydrogen-bond donors (Lipinski definition) is 1. The lowest BCUT2D eigenvalue weighted by Gasteiger charge is -2.26. The van der Waals surface area contributed by atoms with Crippen molar-refractivity contribution >= 4 is 55.3 Å². The third-order valence-corrected chi connectivity index (χ3v) is 5.76. The number of furan rings is 1. The number of benzene rings is 4. The van der Waals surface area contributed by atoms with Crippen molar-refractivity contribution in [2.75, 3.05) is 0 Å². The standard InChI is InChI=1S/C24H15ClN2O/c25-24-26-23(27(24)17-13-12-15-6-1-2-7-16(15)14-17)19-9-5-11-21-22(19)18-8-3-4-10-20(18)28-21/h1-14,23H/p+1. The molecule has 5 aromatic rings. The molecule has 0 spiro atoms. The van der Waals surface area contributed by atoms with E-state index >= 15 is 0 Å². The van der Waals surface area contributed by atoms with Gasteiger partial charge in [0.2, 0.25) is 0 Å². The molecule has 1 aromatic heterocycles. The van der Waals surface area contributed by atoms with E-state index in [4.69, 9.17) is 16.0 Å². The van der Waals surface area contributed by atoms with Crippen LogP contribution in [0.25, 0.3) is 32.7 Å². The Hall–Kier alpha value is -3.30. The molecule has 1 aliphatic rings. The fourth-order valence-electron chi connectivity index (χ4n) is 4.13. The van der Waals surface area contributed by atoms with E-state index in [0.717, 1.165) is 33.2 Å². The fraction of sp³-hybridized carbons (Fsp3) is 0.0417. The van der Waals surface area contributed by atoms with Crippen molar-refractivity contribution in [1.29, 1.82) is 0 Å². The average Bonchev–Trinajstić information content (AvgIpc) is 3.11. The van der Waals surface area contributed by atoms with Crippen LogP contribution in [0.1, 0.15) is 11.7 Å². The zero-order valence-electron chi connectivity index (χ0n) is 14.9. The molecule has 0 amide bonds. The predicted molar refractivity (Wildman–Crippen MR) is 114 cm³/mol. The zero-order chi connectivity index (χ0) is 18.7. The minimum Gasteiger partial charge on any atom is -0.456 e. The van der Waals surface area contributed by atoms with Crippen LogP contribution in [-0.4, -0.2) is 9.87 Å². The van der Waals surface area contributed by atoms with Crippen LogP contribution in [0.15, 0.2) is 89.3 Å². The van der Waals surface area contributed by atoms with Crippen LogP contribution in [0, 0.1) is 0 Å². The molecular formula is C24H16ClN2O+. The summed E-state index contributed by atoms with van der Waals surface area (Å²) in [5, 5.41) is 8.66. The molecule has 1 N–H and O–H groups in total. The molecule has 1 atom stereocenters. The van der Waals surface area contributed by atoms with Gasteiger partial charge in [0.05, 0.1) is 5.56 Å². The molecule has 2 heterocycles. The number of nitrogens with one attached hydrogen (secondary N) is 1. The number of para-hydroxylation sites is 1. The minimum absolute atomic E-state index is 0.0432. The molecule has 28 heavy (non-hydrogen) atoms. The van der Waals surface area contributed by atoms with Crippen molar-refractivity contribution in [2.24, 2.45) is 0 Å². The van der Waals surface area contributed by atoms with Gasteiger partial charge in [-0.05, 0) is 41.1 Å². The van der Waals surface area contributed by atoms with Crippen molar-refractivity contribution in [3.63, 3.8) is 0 Å². The Morgan fingerprint density at radius 2 is 1.57 bits per heavy atom. The second-order valence-electron chi connectivity index (χ2n) is 7.06. The van der Waals surface area contributed by atoms with Crippen LogP contribution in [0.2, 0.25) is 0 Å². The third-order valence-electron chi connectivity index (χ3n) is 5.47. The van der Waals surface area contributed by atoms with Gasteiger partial charge < -0.3 is 4.42 Å². The first-order chi connectivity index (χ1) is 13.8. The summed E-state index contributed by atoms with van der Waals surface area (Å²) in [6, 6.07) is 29.1. The molecule has 6 rings (SSSR count). The highest BCUT2D eigenvalue weighted by molar-refractivity contribution is 6.63. The van der Waals surface area contributed by atoms with Gasteiger partial charge >= 0.3 is 5.29 Å². The zero-order valence-corrected chi connectivity index (χ0v) is 15.6. The van der Waals surface area contributed by atoms with Gasteiger partial charge in [0.15, 0.2) is 0 Å². The number of fused-ring (bicyclic) bond motifs is 4. The van der Waals surface area contributed by atoms with Gasteiger partial charge in [-0.15, -0.1) is 0 Å². The van der Waals surface area contributed by atoms with Crippen molar-refractivity contribution in [3.8, 4) is 0 Å². The highest BCUT2D eigenvalue weighted by atomic mass is 35.5. The number of halogens is 1. The molecule has 1 unspecified atom stereocenters. The Kier molecular flexibility index (Phi) is 3.28. The van der Waals surface area contributed by atoms with Crippen LogP contribution in [0.4, 0.5) is 5.69 Å². The number of rotatable bonds is 2. The maximum Gasteiger partial charge on any atom is 0.355 e. The van der Waals surface area contributed by atoms with Crippen LogP contribution in [0.5, 0.6) is 0 Å². The lowest BCUT2D eigenvalue weighted by Crippen LogP contribution is -2.47. The van der Waals surface area contributed by atoms with E-state index in [1.54, 1.807) is 0 Å². The van der Waals surface area contributed by atoms with Gasteiger partial charge in [0.1, 0.15) is 16.9 Å². The summed E-state index contributed by atoms with van der Waals surface area (Å²) >= 11 is 6.50. The fourth-order valence-corrected chi connectivity index (χ4v) is 4.43. The van der Waals surface area contributed by atoms with Gasteiger partial charge in [-0.2, -0.15) is 4.58 Å². The molecule has 0 radical (unpaired) electrons. The predicted octanol–water partition coefficient (Wildman–Crippen LogP) is 6.28. The Morgan fingerprint density at radius 1 is 0.786 bits per heavy atom. The van der Waals surface area contributed by atoms with Gasteiger partial charge in [-0.3, -0.25) is 0 Å². The Bertz CT molecular complexity index is 1420. The van der Waals surface area contributed by atoms with Crippen molar-refractivity contribution in [1.82, 2.24) is 5.32 Å². The van der Waals surface area contributed by atoms with Crippen LogP contribution in [0.3, 0.4) is 0 Å². The summed E-state index contributed by atoms with van der Waals surface area (Å²) in [6.45, 7) is 0.